The van der Waals surface area contributed by atoms with Crippen LogP contribution in [-0.4, -0.2) is 47.9 Å². The van der Waals surface area contributed by atoms with Crippen LogP contribution < -0.4 is 9.91 Å². The van der Waals surface area contributed by atoms with Crippen molar-refractivity contribution in [1.29, 1.82) is 5.26 Å². The molecule has 0 saturated carbocycles. The molecule has 4 rings (SSSR count). The average molecular weight is 467 g/mol. The van der Waals surface area contributed by atoms with Gasteiger partial charge in [0, 0.05) is 32.0 Å². The number of alkyl halides is 3. The Hall–Kier alpha value is -2.49. The largest absolute Gasteiger partial charge is 0.416 e. The smallest absolute Gasteiger partial charge is 0.378 e. The number of morpholine rings is 1. The van der Waals surface area contributed by atoms with E-state index in [0.717, 1.165) is 36.7 Å². The summed E-state index contributed by atoms with van der Waals surface area (Å²) >= 11 is 2.68. The van der Waals surface area contributed by atoms with E-state index in [2.05, 4.69) is 20.2 Å². The molecule has 3 heterocycles. The van der Waals surface area contributed by atoms with Gasteiger partial charge in [0.2, 0.25) is 0 Å². The van der Waals surface area contributed by atoms with Gasteiger partial charge in [-0.2, -0.15) is 23.5 Å². The van der Waals surface area contributed by atoms with Crippen molar-refractivity contribution in [1.82, 2.24) is 10.2 Å². The van der Waals surface area contributed by atoms with Crippen LogP contribution in [-0.2, 0) is 16.7 Å². The Labute approximate surface area is 185 Å². The van der Waals surface area contributed by atoms with Crippen molar-refractivity contribution in [3.05, 3.63) is 41.0 Å². The predicted octanol–water partition coefficient (Wildman–Crippen LogP) is 3.95. The summed E-state index contributed by atoms with van der Waals surface area (Å²) in [6.45, 7) is 2.81. The number of benzene rings is 1. The summed E-state index contributed by atoms with van der Waals surface area (Å²) in [6.07, 6.45) is -4.48. The molecule has 0 amide bonds. The van der Waals surface area contributed by atoms with Crippen LogP contribution in [0.1, 0.15) is 16.7 Å². The van der Waals surface area contributed by atoms with Gasteiger partial charge >= 0.3 is 6.18 Å². The van der Waals surface area contributed by atoms with Gasteiger partial charge in [-0.25, -0.2) is 0 Å². The fourth-order valence-corrected chi connectivity index (χ4v) is 5.14. The van der Waals surface area contributed by atoms with Gasteiger partial charge in [0.25, 0.3) is 0 Å². The normalized spacial score (nSPS) is 16.5. The van der Waals surface area contributed by atoms with E-state index in [0.29, 0.717) is 33.9 Å². The SMILES string of the molecule is CN1N=C(SCc2ccc(C(F)(F)F)cc2C#N)Sc2nnc(N3CCOCC3)cc21. The maximum absolute atomic E-state index is 12.9. The summed E-state index contributed by atoms with van der Waals surface area (Å²) in [6, 6.07) is 7.01. The molecular weight excluding hydrogens is 449 g/mol. The Morgan fingerprint density at radius 2 is 2.00 bits per heavy atom. The lowest BCUT2D eigenvalue weighted by molar-refractivity contribution is -0.137. The zero-order valence-electron chi connectivity index (χ0n) is 16.4. The lowest BCUT2D eigenvalue weighted by Gasteiger charge is -2.29. The lowest BCUT2D eigenvalue weighted by Crippen LogP contribution is -2.37. The number of hydrogen-bond acceptors (Lipinski definition) is 9. The van der Waals surface area contributed by atoms with Crippen molar-refractivity contribution in [2.75, 3.05) is 43.3 Å². The third-order valence-corrected chi connectivity index (χ3v) is 6.86. The van der Waals surface area contributed by atoms with Crippen molar-refractivity contribution in [3.63, 3.8) is 0 Å². The molecule has 0 aliphatic carbocycles. The third kappa shape index (κ3) is 4.89. The molecule has 0 spiro atoms. The van der Waals surface area contributed by atoms with E-state index < -0.39 is 11.7 Å². The summed E-state index contributed by atoms with van der Waals surface area (Å²) in [5, 5.41) is 24.9. The quantitative estimate of drug-likeness (QED) is 0.673. The second-order valence-corrected chi connectivity index (χ2v) is 8.95. The molecule has 1 saturated heterocycles. The van der Waals surface area contributed by atoms with Gasteiger partial charge in [-0.05, 0) is 29.5 Å². The van der Waals surface area contributed by atoms with E-state index in [1.165, 1.54) is 29.6 Å². The van der Waals surface area contributed by atoms with Gasteiger partial charge in [-0.1, -0.05) is 17.8 Å². The Balaban J connectivity index is 1.46. The molecule has 1 fully saturated rings. The molecule has 7 nitrogen and oxygen atoms in total. The van der Waals surface area contributed by atoms with Crippen LogP contribution in [0.15, 0.2) is 34.4 Å². The summed E-state index contributed by atoms with van der Waals surface area (Å²) in [7, 11) is 1.81. The number of halogens is 3. The monoisotopic (exact) mass is 466 g/mol. The van der Waals surface area contributed by atoms with Crippen LogP contribution in [0.25, 0.3) is 0 Å². The molecule has 0 radical (unpaired) electrons. The first-order valence-electron chi connectivity index (χ1n) is 9.29. The molecule has 0 N–H and O–H groups in total. The molecule has 0 unspecified atom stereocenters. The van der Waals surface area contributed by atoms with Crippen LogP contribution in [0.4, 0.5) is 24.7 Å². The minimum Gasteiger partial charge on any atom is -0.378 e. The number of anilines is 2. The fraction of sp³-hybridized carbons (Fsp3) is 0.368. The van der Waals surface area contributed by atoms with Gasteiger partial charge < -0.3 is 9.64 Å². The molecule has 0 bridgehead atoms. The maximum atomic E-state index is 12.9. The number of fused-ring (bicyclic) bond motifs is 1. The Morgan fingerprint density at radius 3 is 2.71 bits per heavy atom. The molecule has 2 aliphatic heterocycles. The molecule has 1 aromatic carbocycles. The zero-order chi connectivity index (χ0) is 22.0. The van der Waals surface area contributed by atoms with Crippen LogP contribution in [0, 0.1) is 11.3 Å². The van der Waals surface area contributed by atoms with Crippen molar-refractivity contribution >= 4 is 39.4 Å². The number of nitriles is 1. The minimum absolute atomic E-state index is 0.00688. The Bertz CT molecular complexity index is 1050. The summed E-state index contributed by atoms with van der Waals surface area (Å²) < 4.78 is 44.7. The van der Waals surface area contributed by atoms with Crippen molar-refractivity contribution in [2.24, 2.45) is 5.10 Å². The first kappa shape index (κ1) is 21.7. The van der Waals surface area contributed by atoms with Crippen LogP contribution in [0.3, 0.4) is 0 Å². The van der Waals surface area contributed by atoms with Crippen molar-refractivity contribution < 1.29 is 17.9 Å². The fourth-order valence-electron chi connectivity index (χ4n) is 3.07. The molecule has 162 valence electrons. The summed E-state index contributed by atoms with van der Waals surface area (Å²) in [5.41, 5.74) is 0.527. The molecule has 0 atom stereocenters. The van der Waals surface area contributed by atoms with Gasteiger partial charge in [-0.3, -0.25) is 5.01 Å². The third-order valence-electron chi connectivity index (χ3n) is 4.74. The highest BCUT2D eigenvalue weighted by Crippen LogP contribution is 2.39. The molecular formula is C19H17F3N6OS2. The average Bonchev–Trinajstić information content (AvgIpc) is 2.77. The van der Waals surface area contributed by atoms with Crippen LogP contribution >= 0.6 is 23.5 Å². The number of aromatic nitrogens is 2. The number of hydrazone groups is 1. The van der Waals surface area contributed by atoms with Gasteiger partial charge in [0.1, 0.15) is 0 Å². The summed E-state index contributed by atoms with van der Waals surface area (Å²) in [4.78, 5) is 2.11. The number of rotatable bonds is 3. The number of thioether (sulfide) groups is 2. The van der Waals surface area contributed by atoms with E-state index >= 15 is 0 Å². The first-order chi connectivity index (χ1) is 14.8. The topological polar surface area (TPSA) is 77.6 Å². The second kappa shape index (κ2) is 8.94. The number of hydrogen-bond donors (Lipinski definition) is 0. The second-order valence-electron chi connectivity index (χ2n) is 6.75. The molecule has 12 heteroatoms. The van der Waals surface area contributed by atoms with Gasteiger partial charge in [0.05, 0.1) is 36.1 Å². The molecule has 31 heavy (non-hydrogen) atoms. The van der Waals surface area contributed by atoms with E-state index in [-0.39, 0.29) is 5.56 Å². The number of nitrogens with zero attached hydrogens (tertiary/aromatic N) is 6. The first-order valence-corrected chi connectivity index (χ1v) is 11.1. The van der Waals surface area contributed by atoms with E-state index in [9.17, 15) is 18.4 Å². The van der Waals surface area contributed by atoms with Crippen molar-refractivity contribution in [2.45, 2.75) is 17.0 Å². The van der Waals surface area contributed by atoms with Gasteiger partial charge in [-0.15, -0.1) is 10.2 Å². The zero-order valence-corrected chi connectivity index (χ0v) is 18.0. The molecule has 2 aliphatic rings. The standard InChI is InChI=1S/C19H17F3N6OS2/c1-27-15-9-16(28-4-6-29-7-5-28)24-25-17(15)31-18(26-27)30-11-12-2-3-14(19(20,21)22)8-13(12)10-23/h2-3,8-9H,4-7,11H2,1H3. The van der Waals surface area contributed by atoms with E-state index in [1.54, 1.807) is 5.01 Å². The predicted molar refractivity (Wildman–Crippen MR) is 114 cm³/mol. The summed E-state index contributed by atoms with van der Waals surface area (Å²) in [5.74, 6) is 1.08. The highest BCUT2D eigenvalue weighted by atomic mass is 32.2. The van der Waals surface area contributed by atoms with Crippen LogP contribution in [0.2, 0.25) is 0 Å². The Morgan fingerprint density at radius 1 is 1.23 bits per heavy atom. The maximum Gasteiger partial charge on any atom is 0.416 e. The van der Waals surface area contributed by atoms with Gasteiger partial charge in [0.15, 0.2) is 15.2 Å². The van der Waals surface area contributed by atoms with Crippen molar-refractivity contribution in [3.8, 4) is 6.07 Å². The highest BCUT2D eigenvalue weighted by molar-refractivity contribution is 8.38. The molecule has 1 aromatic heterocycles. The molecule has 2 aromatic rings. The lowest BCUT2D eigenvalue weighted by atomic mass is 10.1. The minimum atomic E-state index is -4.48. The van der Waals surface area contributed by atoms with E-state index in [4.69, 9.17) is 4.74 Å². The number of ether oxygens (including phenoxy) is 1. The van der Waals surface area contributed by atoms with Crippen LogP contribution in [0.5, 0.6) is 0 Å². The highest BCUT2D eigenvalue weighted by Gasteiger charge is 2.31. The Kier molecular flexibility index (Phi) is 6.27. The van der Waals surface area contributed by atoms with E-state index in [1.807, 2.05) is 19.2 Å².